The summed E-state index contributed by atoms with van der Waals surface area (Å²) < 4.78 is 0. The summed E-state index contributed by atoms with van der Waals surface area (Å²) in [7, 11) is 0. The molecule has 0 unspecified atom stereocenters. The lowest BCUT2D eigenvalue weighted by Crippen LogP contribution is -2.57. The predicted octanol–water partition coefficient (Wildman–Crippen LogP) is -0.923. The number of carboxylic acid groups (broad SMARTS) is 1. The molecule has 1 atom stereocenters. The number of aliphatic carboxylic acids is 1. The first kappa shape index (κ1) is 13.1. The molecule has 0 bridgehead atoms. The lowest BCUT2D eigenvalue weighted by atomic mass is 10.0. The van der Waals surface area contributed by atoms with E-state index in [0.29, 0.717) is 5.56 Å². The molecule has 5 N–H and O–H groups in total. The molecular formula is C11H14N2O4. The van der Waals surface area contributed by atoms with Gasteiger partial charge in [0, 0.05) is 6.42 Å². The minimum atomic E-state index is -2.34. The Bertz CT molecular complexity index is 407. The topological polar surface area (TPSA) is 113 Å². The molecule has 0 fully saturated rings. The Labute approximate surface area is 98.1 Å². The second-order valence-corrected chi connectivity index (χ2v) is 3.58. The molecule has 1 aromatic carbocycles. The molecule has 0 radical (unpaired) electrons. The van der Waals surface area contributed by atoms with E-state index >= 15 is 0 Å². The third-order valence-corrected chi connectivity index (χ3v) is 2.19. The number of nitrogens with one attached hydrogen (secondary N) is 1. The van der Waals surface area contributed by atoms with Crippen LogP contribution < -0.4 is 11.1 Å². The minimum absolute atomic E-state index is 0.227. The highest BCUT2D eigenvalue weighted by atomic mass is 16.4. The molecule has 0 spiro atoms. The number of aliphatic hydroxyl groups is 1. The smallest absolute Gasteiger partial charge is 0.357 e. The van der Waals surface area contributed by atoms with Crippen LogP contribution >= 0.6 is 0 Å². The molecule has 6 heteroatoms. The Hall–Kier alpha value is -1.92. The normalized spacial score (nSPS) is 13.8. The van der Waals surface area contributed by atoms with Crippen LogP contribution in [0, 0.1) is 0 Å². The zero-order chi connectivity index (χ0) is 12.9. The lowest BCUT2D eigenvalue weighted by Gasteiger charge is -2.24. The van der Waals surface area contributed by atoms with E-state index in [2.05, 4.69) is 0 Å². The zero-order valence-corrected chi connectivity index (χ0v) is 9.09. The third-order valence-electron chi connectivity index (χ3n) is 2.19. The summed E-state index contributed by atoms with van der Waals surface area (Å²) in [5.41, 5.74) is 3.31. The van der Waals surface area contributed by atoms with Crippen molar-refractivity contribution in [2.24, 2.45) is 5.73 Å². The summed E-state index contributed by atoms with van der Waals surface area (Å²) in [5, 5.41) is 20.8. The van der Waals surface area contributed by atoms with E-state index in [1.807, 2.05) is 5.32 Å². The first-order chi connectivity index (χ1) is 7.98. The summed E-state index contributed by atoms with van der Waals surface area (Å²) in [6, 6.07) is 8.50. The van der Waals surface area contributed by atoms with Gasteiger partial charge in [0.15, 0.2) is 0 Å². The van der Waals surface area contributed by atoms with Crippen LogP contribution in [0.3, 0.4) is 0 Å². The first-order valence-electron chi connectivity index (χ1n) is 4.99. The Kier molecular flexibility index (Phi) is 4.19. The van der Waals surface area contributed by atoms with Crippen LogP contribution in [-0.4, -0.2) is 34.4 Å². The molecule has 0 aromatic heterocycles. The van der Waals surface area contributed by atoms with Gasteiger partial charge < -0.3 is 21.3 Å². The first-order valence-corrected chi connectivity index (χ1v) is 4.99. The van der Waals surface area contributed by atoms with Gasteiger partial charge in [0.25, 0.3) is 0 Å². The molecule has 17 heavy (non-hydrogen) atoms. The summed E-state index contributed by atoms with van der Waals surface area (Å²) in [6.45, 7) is -0.385. The quantitative estimate of drug-likeness (QED) is 0.495. The van der Waals surface area contributed by atoms with Crippen molar-refractivity contribution in [2.75, 3.05) is 6.54 Å². The molecule has 0 saturated heterocycles. The summed E-state index contributed by atoms with van der Waals surface area (Å²) in [6.07, 6.45) is -0.227. The van der Waals surface area contributed by atoms with E-state index in [1.54, 1.807) is 30.3 Å². The van der Waals surface area contributed by atoms with E-state index in [0.717, 1.165) is 0 Å². The third kappa shape index (κ3) is 3.54. The maximum atomic E-state index is 11.1. The molecule has 0 heterocycles. The van der Waals surface area contributed by atoms with Gasteiger partial charge in [-0.2, -0.15) is 0 Å². The average molecular weight is 238 g/mol. The van der Waals surface area contributed by atoms with E-state index in [9.17, 15) is 14.7 Å². The zero-order valence-electron chi connectivity index (χ0n) is 9.09. The molecule has 6 nitrogen and oxygen atoms in total. The fraction of sp³-hybridized carbons (Fsp3) is 0.273. The molecule has 0 aliphatic heterocycles. The fourth-order valence-corrected chi connectivity index (χ4v) is 1.35. The van der Waals surface area contributed by atoms with Crippen LogP contribution in [0.15, 0.2) is 30.3 Å². The molecule has 0 aliphatic carbocycles. The van der Waals surface area contributed by atoms with Gasteiger partial charge in [-0.1, -0.05) is 30.3 Å². The number of benzene rings is 1. The van der Waals surface area contributed by atoms with Crippen molar-refractivity contribution in [1.29, 1.82) is 0 Å². The van der Waals surface area contributed by atoms with Gasteiger partial charge in [-0.25, -0.2) is 4.79 Å². The molecule has 0 aliphatic rings. The van der Waals surface area contributed by atoms with Crippen LogP contribution in [0.2, 0.25) is 0 Å². The maximum absolute atomic E-state index is 11.1. The Morgan fingerprint density at radius 2 is 1.88 bits per heavy atom. The van der Waals surface area contributed by atoms with Gasteiger partial charge in [0.2, 0.25) is 11.6 Å². The highest BCUT2D eigenvalue weighted by Crippen LogP contribution is 2.11. The number of carboxylic acids is 1. The predicted molar refractivity (Wildman–Crippen MR) is 59.9 cm³/mol. The van der Waals surface area contributed by atoms with Crippen LogP contribution in [0.1, 0.15) is 5.56 Å². The van der Waals surface area contributed by atoms with Gasteiger partial charge >= 0.3 is 5.97 Å². The van der Waals surface area contributed by atoms with Crippen molar-refractivity contribution in [2.45, 2.75) is 12.1 Å². The van der Waals surface area contributed by atoms with Gasteiger partial charge in [-0.05, 0) is 5.56 Å². The van der Waals surface area contributed by atoms with Crippen LogP contribution in [0.5, 0.6) is 0 Å². The van der Waals surface area contributed by atoms with Gasteiger partial charge in [-0.15, -0.1) is 0 Å². The number of rotatable bonds is 5. The Balaban J connectivity index is 2.86. The van der Waals surface area contributed by atoms with E-state index < -0.39 is 17.6 Å². The van der Waals surface area contributed by atoms with Crippen molar-refractivity contribution in [3.8, 4) is 0 Å². The molecule has 1 rings (SSSR count). The number of carbonyl (C=O) groups excluding carboxylic acids is 1. The van der Waals surface area contributed by atoms with Gasteiger partial charge in [0.05, 0.1) is 6.54 Å². The highest BCUT2D eigenvalue weighted by molar-refractivity contribution is 5.86. The van der Waals surface area contributed by atoms with E-state index in [1.165, 1.54) is 0 Å². The summed E-state index contributed by atoms with van der Waals surface area (Å²) >= 11 is 0. The standard InChI is InChI=1S/C11H14N2O4/c12-7-9(14)13-11(17,10(15)16)6-8-4-2-1-3-5-8/h1-5,17H,6-7,12H2,(H,13,14)(H,15,16)/t11-/m1/s1. The van der Waals surface area contributed by atoms with Gasteiger partial charge in [-0.3, -0.25) is 4.79 Å². The van der Waals surface area contributed by atoms with Crippen molar-refractivity contribution in [3.05, 3.63) is 35.9 Å². The van der Waals surface area contributed by atoms with E-state index in [-0.39, 0.29) is 13.0 Å². The molecule has 0 saturated carbocycles. The monoisotopic (exact) mass is 238 g/mol. The Morgan fingerprint density at radius 3 is 2.35 bits per heavy atom. The van der Waals surface area contributed by atoms with Crippen molar-refractivity contribution >= 4 is 11.9 Å². The Morgan fingerprint density at radius 1 is 1.29 bits per heavy atom. The highest BCUT2D eigenvalue weighted by Gasteiger charge is 2.37. The molecule has 1 amide bonds. The number of nitrogens with two attached hydrogens (primary N) is 1. The van der Waals surface area contributed by atoms with Crippen LogP contribution in [-0.2, 0) is 16.0 Å². The number of amides is 1. The van der Waals surface area contributed by atoms with Crippen LogP contribution in [0.4, 0.5) is 0 Å². The largest absolute Gasteiger partial charge is 0.478 e. The molecule has 1 aromatic rings. The minimum Gasteiger partial charge on any atom is -0.478 e. The van der Waals surface area contributed by atoms with E-state index in [4.69, 9.17) is 10.8 Å². The maximum Gasteiger partial charge on any atom is 0.357 e. The average Bonchev–Trinajstić information content (AvgIpc) is 2.29. The number of hydrogen-bond donors (Lipinski definition) is 4. The fourth-order valence-electron chi connectivity index (χ4n) is 1.35. The summed E-state index contributed by atoms with van der Waals surface area (Å²) in [5.74, 6) is -2.26. The van der Waals surface area contributed by atoms with Gasteiger partial charge in [0.1, 0.15) is 0 Å². The SMILES string of the molecule is NCC(=O)N[C@@](O)(Cc1ccccc1)C(=O)O. The second-order valence-electron chi connectivity index (χ2n) is 3.58. The van der Waals surface area contributed by atoms with Crippen molar-refractivity contribution in [3.63, 3.8) is 0 Å². The number of carbonyl (C=O) groups is 2. The van der Waals surface area contributed by atoms with Crippen molar-refractivity contribution in [1.82, 2.24) is 5.32 Å². The van der Waals surface area contributed by atoms with Crippen LogP contribution in [0.25, 0.3) is 0 Å². The lowest BCUT2D eigenvalue weighted by molar-refractivity contribution is -0.165. The molecule has 92 valence electrons. The number of hydrogen-bond acceptors (Lipinski definition) is 4. The summed E-state index contributed by atoms with van der Waals surface area (Å²) in [4.78, 5) is 22.0. The van der Waals surface area contributed by atoms with Crippen molar-refractivity contribution < 1.29 is 19.8 Å². The molecular weight excluding hydrogens is 224 g/mol. The second kappa shape index (κ2) is 5.42.